The van der Waals surface area contributed by atoms with Crippen LogP contribution in [0.4, 0.5) is 34.1 Å². The lowest BCUT2D eigenvalue weighted by Gasteiger charge is -2.31. The molecular weight excluding hydrogens is 777 g/mol. The van der Waals surface area contributed by atoms with Crippen molar-refractivity contribution in [3.63, 3.8) is 0 Å². The molecule has 0 bridgehead atoms. The molecule has 0 N–H and O–H groups in total. The quantitative estimate of drug-likeness (QED) is 0.152. The Labute approximate surface area is 374 Å². The third kappa shape index (κ3) is 6.20. The van der Waals surface area contributed by atoms with E-state index >= 15 is 0 Å². The van der Waals surface area contributed by atoms with Gasteiger partial charge < -0.3 is 14.5 Å². The zero-order valence-corrected chi connectivity index (χ0v) is 35.7. The fraction of sp³-hybridized carbons (Fsp3) is 0.0492. The first kappa shape index (κ1) is 37.6. The standard InChI is InChI=1S/C61H44N2O/c1-61(2)54-25-13-12-23-52(54)60-55(61)26-15-27-56(60)63(48-34-32-44(33-35-48)43-30-28-42(29-31-43)41-16-6-3-7-17-41)50-38-45-18-14-24-51-53-39-49(36-37-57(53)64-58(40-50)59(45)51)62(46-19-8-4-9-20-46)47-21-10-5-11-22-47/h3-40H,1-2H3. The second-order valence-electron chi connectivity index (χ2n) is 17.3. The summed E-state index contributed by atoms with van der Waals surface area (Å²) in [6.45, 7) is 4.70. The van der Waals surface area contributed by atoms with E-state index in [4.69, 9.17) is 4.74 Å². The van der Waals surface area contributed by atoms with E-state index in [1.54, 1.807) is 0 Å². The van der Waals surface area contributed by atoms with E-state index in [9.17, 15) is 0 Å². The second-order valence-corrected chi connectivity index (χ2v) is 17.3. The van der Waals surface area contributed by atoms with E-state index in [0.29, 0.717) is 0 Å². The van der Waals surface area contributed by atoms with Crippen LogP contribution in [0.5, 0.6) is 11.5 Å². The topological polar surface area (TPSA) is 15.7 Å². The maximum atomic E-state index is 7.01. The molecule has 12 rings (SSSR count). The number of benzene rings is 10. The van der Waals surface area contributed by atoms with Gasteiger partial charge in [0, 0.05) is 50.7 Å². The maximum Gasteiger partial charge on any atom is 0.138 e. The van der Waals surface area contributed by atoms with Gasteiger partial charge >= 0.3 is 0 Å². The van der Waals surface area contributed by atoms with E-state index in [-0.39, 0.29) is 5.41 Å². The third-order valence-corrected chi connectivity index (χ3v) is 13.2. The summed E-state index contributed by atoms with van der Waals surface area (Å²) >= 11 is 0. The maximum absolute atomic E-state index is 7.01. The third-order valence-electron chi connectivity index (χ3n) is 13.2. The molecule has 0 aromatic heterocycles. The summed E-state index contributed by atoms with van der Waals surface area (Å²) < 4.78 is 7.01. The van der Waals surface area contributed by atoms with Crippen LogP contribution in [0.3, 0.4) is 0 Å². The van der Waals surface area contributed by atoms with Gasteiger partial charge in [-0.15, -0.1) is 0 Å². The first-order valence-corrected chi connectivity index (χ1v) is 22.1. The van der Waals surface area contributed by atoms with Crippen molar-refractivity contribution in [3.05, 3.63) is 242 Å². The Hall–Kier alpha value is -8.14. The molecule has 1 aliphatic heterocycles. The number of hydrogen-bond acceptors (Lipinski definition) is 3. The van der Waals surface area contributed by atoms with Crippen LogP contribution in [0.25, 0.3) is 55.3 Å². The molecule has 10 aromatic carbocycles. The summed E-state index contributed by atoms with van der Waals surface area (Å²) in [6.07, 6.45) is 0. The zero-order chi connectivity index (χ0) is 42.8. The summed E-state index contributed by atoms with van der Waals surface area (Å²) in [5.74, 6) is 1.69. The molecular formula is C61H44N2O. The van der Waals surface area contributed by atoms with Crippen LogP contribution in [0.15, 0.2) is 231 Å². The highest BCUT2D eigenvalue weighted by Crippen LogP contribution is 2.56. The summed E-state index contributed by atoms with van der Waals surface area (Å²) in [5.41, 5.74) is 18.6. The van der Waals surface area contributed by atoms with Gasteiger partial charge in [0.2, 0.25) is 0 Å². The number of para-hydroxylation sites is 2. The predicted octanol–water partition coefficient (Wildman–Crippen LogP) is 17.2. The summed E-state index contributed by atoms with van der Waals surface area (Å²) in [5, 5.41) is 2.23. The lowest BCUT2D eigenvalue weighted by Crippen LogP contribution is -2.16. The molecule has 1 heterocycles. The van der Waals surface area contributed by atoms with Gasteiger partial charge in [-0.3, -0.25) is 0 Å². The molecule has 0 radical (unpaired) electrons. The minimum absolute atomic E-state index is 0.143. The fourth-order valence-corrected chi connectivity index (χ4v) is 10.1. The predicted molar refractivity (Wildman–Crippen MR) is 267 cm³/mol. The highest BCUT2D eigenvalue weighted by molar-refractivity contribution is 6.07. The highest BCUT2D eigenvalue weighted by atomic mass is 16.5. The van der Waals surface area contributed by atoms with Gasteiger partial charge in [-0.05, 0) is 117 Å². The Bertz CT molecular complexity index is 3320. The molecule has 3 heteroatoms. The Kier molecular flexibility index (Phi) is 8.84. The summed E-state index contributed by atoms with van der Waals surface area (Å²) in [4.78, 5) is 4.74. The SMILES string of the molecule is CC1(C)c2ccccc2-c2c(N(c3ccc(-c4ccc(-c5ccccc5)cc4)cc3)c3cc4c5c(cccc5c3)-c3cc(N(c5ccccc5)c5ccccc5)ccc3O4)cccc21. The summed E-state index contributed by atoms with van der Waals surface area (Å²) in [6, 6.07) is 83.1. The van der Waals surface area contributed by atoms with Gasteiger partial charge in [0.15, 0.2) is 0 Å². The van der Waals surface area contributed by atoms with Gasteiger partial charge in [-0.2, -0.15) is 0 Å². The molecule has 0 fully saturated rings. The fourth-order valence-electron chi connectivity index (χ4n) is 10.1. The molecule has 0 spiro atoms. The van der Waals surface area contributed by atoms with Gasteiger partial charge in [0.1, 0.15) is 11.5 Å². The lowest BCUT2D eigenvalue weighted by molar-refractivity contribution is 0.487. The van der Waals surface area contributed by atoms with Gasteiger partial charge in [-0.25, -0.2) is 0 Å². The van der Waals surface area contributed by atoms with Crippen LogP contribution in [0.1, 0.15) is 25.0 Å². The van der Waals surface area contributed by atoms with Crippen molar-refractivity contribution in [1.29, 1.82) is 0 Å². The average Bonchev–Trinajstić information content (AvgIpc) is 3.59. The number of fused-ring (bicyclic) bond motifs is 5. The average molecular weight is 821 g/mol. The largest absolute Gasteiger partial charge is 0.456 e. The minimum atomic E-state index is -0.143. The van der Waals surface area contributed by atoms with Crippen molar-refractivity contribution in [1.82, 2.24) is 0 Å². The zero-order valence-electron chi connectivity index (χ0n) is 35.7. The van der Waals surface area contributed by atoms with Gasteiger partial charge in [-0.1, -0.05) is 172 Å². The van der Waals surface area contributed by atoms with Crippen LogP contribution >= 0.6 is 0 Å². The molecule has 0 atom stereocenters. The van der Waals surface area contributed by atoms with Crippen LogP contribution in [-0.2, 0) is 5.41 Å². The van der Waals surface area contributed by atoms with Crippen LogP contribution in [-0.4, -0.2) is 0 Å². The van der Waals surface area contributed by atoms with Gasteiger partial charge in [0.25, 0.3) is 0 Å². The molecule has 64 heavy (non-hydrogen) atoms. The normalized spacial score (nSPS) is 12.8. The Morgan fingerprint density at radius 1 is 0.344 bits per heavy atom. The lowest BCUT2D eigenvalue weighted by atomic mass is 9.82. The molecule has 0 saturated heterocycles. The molecule has 3 nitrogen and oxygen atoms in total. The first-order chi connectivity index (χ1) is 31.5. The molecule has 10 aromatic rings. The Balaban J connectivity index is 0.995. The highest BCUT2D eigenvalue weighted by Gasteiger charge is 2.38. The Morgan fingerprint density at radius 3 is 1.56 bits per heavy atom. The van der Waals surface area contributed by atoms with E-state index < -0.39 is 0 Å². The molecule has 1 aliphatic carbocycles. The van der Waals surface area contributed by atoms with Crippen LogP contribution < -0.4 is 14.5 Å². The molecule has 304 valence electrons. The number of ether oxygens (including phenoxy) is 1. The number of nitrogens with zero attached hydrogens (tertiary/aromatic N) is 2. The number of anilines is 6. The first-order valence-electron chi connectivity index (χ1n) is 22.1. The monoisotopic (exact) mass is 820 g/mol. The van der Waals surface area contributed by atoms with E-state index in [0.717, 1.165) is 67.5 Å². The van der Waals surface area contributed by atoms with E-state index in [1.807, 2.05) is 0 Å². The van der Waals surface area contributed by atoms with Crippen LogP contribution in [0.2, 0.25) is 0 Å². The smallest absolute Gasteiger partial charge is 0.138 e. The van der Waals surface area contributed by atoms with Crippen molar-refractivity contribution in [2.45, 2.75) is 19.3 Å². The van der Waals surface area contributed by atoms with Crippen molar-refractivity contribution >= 4 is 44.9 Å². The van der Waals surface area contributed by atoms with Gasteiger partial charge in [0.05, 0.1) is 11.4 Å². The molecule has 0 amide bonds. The van der Waals surface area contributed by atoms with E-state index in [2.05, 4.69) is 254 Å². The summed E-state index contributed by atoms with van der Waals surface area (Å²) in [7, 11) is 0. The van der Waals surface area contributed by atoms with Crippen molar-refractivity contribution in [2.75, 3.05) is 9.80 Å². The molecule has 0 saturated carbocycles. The molecule has 2 aliphatic rings. The van der Waals surface area contributed by atoms with Crippen LogP contribution in [0, 0.1) is 0 Å². The molecule has 0 unspecified atom stereocenters. The number of rotatable bonds is 8. The second kappa shape index (κ2) is 15.0. The number of hydrogen-bond donors (Lipinski definition) is 0. The Morgan fingerprint density at radius 2 is 0.875 bits per heavy atom. The van der Waals surface area contributed by atoms with Crippen molar-refractivity contribution in [2.24, 2.45) is 0 Å². The minimum Gasteiger partial charge on any atom is -0.456 e. The van der Waals surface area contributed by atoms with E-state index in [1.165, 1.54) is 44.5 Å². The van der Waals surface area contributed by atoms with Crippen molar-refractivity contribution < 1.29 is 4.74 Å². The van der Waals surface area contributed by atoms with Crippen molar-refractivity contribution in [3.8, 4) is 56.0 Å².